The van der Waals surface area contributed by atoms with Gasteiger partial charge in [0, 0.05) is 11.8 Å². The summed E-state index contributed by atoms with van der Waals surface area (Å²) < 4.78 is 5.58. The molecule has 0 aliphatic heterocycles. The Balaban J connectivity index is 1.75. The Morgan fingerprint density at radius 1 is 1.26 bits per heavy atom. The number of nitrogens with zero attached hydrogens (tertiary/aromatic N) is 1. The number of aromatic amines is 1. The number of para-hydroxylation sites is 1. The van der Waals surface area contributed by atoms with Gasteiger partial charge in [0.05, 0.1) is 24.0 Å². The fraction of sp³-hybridized carbons (Fsp3) is 0.176. The van der Waals surface area contributed by atoms with Crippen LogP contribution in [-0.2, 0) is 0 Å². The van der Waals surface area contributed by atoms with E-state index in [1.165, 1.54) is 0 Å². The van der Waals surface area contributed by atoms with Crippen LogP contribution in [0.2, 0.25) is 0 Å². The second kappa shape index (κ2) is 6.93. The maximum Gasteiger partial charge on any atom is 0.257 e. The molecular weight excluding hydrogens is 292 g/mol. The van der Waals surface area contributed by atoms with Gasteiger partial charge in [0.2, 0.25) is 0 Å². The van der Waals surface area contributed by atoms with E-state index in [2.05, 4.69) is 15.3 Å². The lowest BCUT2D eigenvalue weighted by atomic mass is 10.1. The summed E-state index contributed by atoms with van der Waals surface area (Å²) in [6.45, 7) is 1.14. The molecule has 0 saturated heterocycles. The molecule has 0 unspecified atom stereocenters. The summed E-state index contributed by atoms with van der Waals surface area (Å²) in [5.74, 6) is 0.496. The molecule has 3 rings (SSSR count). The van der Waals surface area contributed by atoms with Crippen LogP contribution in [0.5, 0.6) is 5.75 Å². The maximum atomic E-state index is 12.5. The predicted molar refractivity (Wildman–Crippen MR) is 89.7 cm³/mol. The zero-order valence-corrected chi connectivity index (χ0v) is 12.6. The van der Waals surface area contributed by atoms with Crippen molar-refractivity contribution in [3.63, 3.8) is 0 Å². The summed E-state index contributed by atoms with van der Waals surface area (Å²) >= 11 is 0. The summed E-state index contributed by atoms with van der Waals surface area (Å²) in [5, 5.41) is 2.87. The van der Waals surface area contributed by atoms with Gasteiger partial charge in [-0.05, 0) is 37.2 Å². The molecule has 0 atom stereocenters. The van der Waals surface area contributed by atoms with Gasteiger partial charge in [-0.3, -0.25) is 4.79 Å². The van der Waals surface area contributed by atoms with Crippen LogP contribution < -0.4 is 15.8 Å². The van der Waals surface area contributed by atoms with E-state index in [-0.39, 0.29) is 5.91 Å². The number of ether oxygens (including phenoxy) is 1. The lowest BCUT2D eigenvalue weighted by Crippen LogP contribution is -2.12. The molecule has 1 aromatic heterocycles. The van der Waals surface area contributed by atoms with Crippen molar-refractivity contribution in [2.75, 3.05) is 18.5 Å². The largest absolute Gasteiger partial charge is 0.493 e. The van der Waals surface area contributed by atoms with Crippen LogP contribution in [0.3, 0.4) is 0 Å². The second-order valence-electron chi connectivity index (χ2n) is 5.08. The molecule has 0 spiro atoms. The van der Waals surface area contributed by atoms with Crippen LogP contribution in [0.1, 0.15) is 16.8 Å². The fourth-order valence-corrected chi connectivity index (χ4v) is 2.28. The van der Waals surface area contributed by atoms with Crippen LogP contribution in [0, 0.1) is 0 Å². The molecule has 0 radical (unpaired) electrons. The molecule has 23 heavy (non-hydrogen) atoms. The zero-order valence-electron chi connectivity index (χ0n) is 12.6. The van der Waals surface area contributed by atoms with Gasteiger partial charge in [0.1, 0.15) is 11.3 Å². The molecule has 0 fully saturated rings. The smallest absolute Gasteiger partial charge is 0.257 e. The number of hydrogen-bond acceptors (Lipinski definition) is 4. The van der Waals surface area contributed by atoms with Gasteiger partial charge in [-0.2, -0.15) is 0 Å². The number of carbonyl (C=O) groups excluding carboxylic acids is 1. The summed E-state index contributed by atoms with van der Waals surface area (Å²) in [4.78, 5) is 19.7. The molecule has 0 aliphatic rings. The van der Waals surface area contributed by atoms with Crippen LogP contribution in [0.4, 0.5) is 5.69 Å². The van der Waals surface area contributed by atoms with Crippen LogP contribution >= 0.6 is 0 Å². The van der Waals surface area contributed by atoms with Crippen molar-refractivity contribution < 1.29 is 9.53 Å². The highest BCUT2D eigenvalue weighted by Crippen LogP contribution is 2.20. The van der Waals surface area contributed by atoms with Gasteiger partial charge >= 0.3 is 0 Å². The molecule has 0 saturated carbocycles. The first-order valence-electron chi connectivity index (χ1n) is 7.44. The van der Waals surface area contributed by atoms with E-state index in [0.29, 0.717) is 35.7 Å². The van der Waals surface area contributed by atoms with Gasteiger partial charge in [0.25, 0.3) is 5.91 Å². The molecule has 2 aromatic carbocycles. The van der Waals surface area contributed by atoms with Gasteiger partial charge < -0.3 is 20.8 Å². The third-order valence-electron chi connectivity index (χ3n) is 3.40. The third-order valence-corrected chi connectivity index (χ3v) is 3.40. The van der Waals surface area contributed by atoms with Crippen molar-refractivity contribution in [1.29, 1.82) is 0 Å². The highest BCUT2D eigenvalue weighted by atomic mass is 16.5. The maximum absolute atomic E-state index is 12.5. The first-order valence-corrected chi connectivity index (χ1v) is 7.44. The van der Waals surface area contributed by atoms with Gasteiger partial charge in [-0.25, -0.2) is 4.98 Å². The van der Waals surface area contributed by atoms with E-state index < -0.39 is 0 Å². The minimum Gasteiger partial charge on any atom is -0.493 e. The van der Waals surface area contributed by atoms with Gasteiger partial charge in [0.15, 0.2) is 0 Å². The highest BCUT2D eigenvalue weighted by molar-refractivity contribution is 6.11. The number of rotatable bonds is 6. The zero-order chi connectivity index (χ0) is 16.1. The number of imidazole rings is 1. The standard InChI is InChI=1S/C17H18N4O2/c18-8-3-9-23-13-5-1-4-12(10-13)21-17(22)14-6-2-7-15-16(14)20-11-19-15/h1-2,4-7,10-11H,3,8-9,18H2,(H,19,20)(H,21,22). The van der Waals surface area contributed by atoms with E-state index in [0.717, 1.165) is 11.9 Å². The molecule has 1 heterocycles. The van der Waals surface area contributed by atoms with E-state index in [4.69, 9.17) is 10.5 Å². The number of benzene rings is 2. The van der Waals surface area contributed by atoms with Gasteiger partial charge in [-0.1, -0.05) is 12.1 Å². The van der Waals surface area contributed by atoms with Crippen LogP contribution in [0.25, 0.3) is 11.0 Å². The number of fused-ring (bicyclic) bond motifs is 1. The minimum absolute atomic E-state index is 0.207. The van der Waals surface area contributed by atoms with Crippen molar-refractivity contribution in [1.82, 2.24) is 9.97 Å². The Morgan fingerprint density at radius 3 is 3.00 bits per heavy atom. The van der Waals surface area contributed by atoms with Crippen LogP contribution in [0.15, 0.2) is 48.8 Å². The van der Waals surface area contributed by atoms with E-state index in [9.17, 15) is 4.79 Å². The first kappa shape index (κ1) is 15.1. The number of aromatic nitrogens is 2. The molecule has 1 amide bonds. The molecule has 6 nitrogen and oxygen atoms in total. The van der Waals surface area contributed by atoms with E-state index in [1.807, 2.05) is 30.3 Å². The third kappa shape index (κ3) is 3.49. The predicted octanol–water partition coefficient (Wildman–Crippen LogP) is 2.54. The highest BCUT2D eigenvalue weighted by Gasteiger charge is 2.12. The summed E-state index contributed by atoms with van der Waals surface area (Å²) in [5.41, 5.74) is 8.13. The molecule has 0 bridgehead atoms. The van der Waals surface area contributed by atoms with E-state index >= 15 is 0 Å². The number of amides is 1. The Labute approximate surface area is 133 Å². The Morgan fingerprint density at radius 2 is 2.13 bits per heavy atom. The number of nitrogens with one attached hydrogen (secondary N) is 2. The average Bonchev–Trinajstić information content (AvgIpc) is 3.04. The van der Waals surface area contributed by atoms with Crippen molar-refractivity contribution in [2.24, 2.45) is 5.73 Å². The molecule has 0 aliphatic carbocycles. The first-order chi connectivity index (χ1) is 11.3. The van der Waals surface area contributed by atoms with Crippen molar-refractivity contribution in [2.45, 2.75) is 6.42 Å². The molecule has 4 N–H and O–H groups in total. The average molecular weight is 310 g/mol. The normalized spacial score (nSPS) is 10.7. The number of H-pyrrole nitrogens is 1. The molecular formula is C17H18N4O2. The second-order valence-corrected chi connectivity index (χ2v) is 5.08. The van der Waals surface area contributed by atoms with Gasteiger partial charge in [-0.15, -0.1) is 0 Å². The Kier molecular flexibility index (Phi) is 4.54. The van der Waals surface area contributed by atoms with E-state index in [1.54, 1.807) is 18.5 Å². The quantitative estimate of drug-likeness (QED) is 0.610. The number of hydrogen-bond donors (Lipinski definition) is 3. The summed E-state index contributed by atoms with van der Waals surface area (Å²) in [6, 6.07) is 12.7. The topological polar surface area (TPSA) is 93.0 Å². The lowest BCUT2D eigenvalue weighted by Gasteiger charge is -2.09. The number of anilines is 1. The van der Waals surface area contributed by atoms with Crippen molar-refractivity contribution in [3.8, 4) is 5.75 Å². The summed E-state index contributed by atoms with van der Waals surface area (Å²) in [6.07, 6.45) is 2.37. The van der Waals surface area contributed by atoms with Crippen molar-refractivity contribution in [3.05, 3.63) is 54.4 Å². The molecule has 118 valence electrons. The Hall–Kier alpha value is -2.86. The van der Waals surface area contributed by atoms with Crippen molar-refractivity contribution >= 4 is 22.6 Å². The lowest BCUT2D eigenvalue weighted by molar-refractivity contribution is 0.102. The SMILES string of the molecule is NCCCOc1cccc(NC(=O)c2cccc3[nH]cnc23)c1. The van der Waals surface area contributed by atoms with Crippen LogP contribution in [-0.4, -0.2) is 29.0 Å². The molecule has 3 aromatic rings. The fourth-order valence-electron chi connectivity index (χ4n) is 2.28. The number of carbonyl (C=O) groups is 1. The monoisotopic (exact) mass is 310 g/mol. The Bertz CT molecular complexity index is 813. The number of nitrogens with two attached hydrogens (primary N) is 1. The summed E-state index contributed by atoms with van der Waals surface area (Å²) in [7, 11) is 0. The molecule has 6 heteroatoms. The minimum atomic E-state index is -0.207.